The van der Waals surface area contributed by atoms with Gasteiger partial charge >= 0.3 is 0 Å². The molecule has 5 nitrogen and oxygen atoms in total. The third-order valence-electron chi connectivity index (χ3n) is 3.54. The number of ether oxygens (including phenoxy) is 1. The Labute approximate surface area is 134 Å². The minimum absolute atomic E-state index is 0. The molecule has 1 rings (SSSR count). The summed E-state index contributed by atoms with van der Waals surface area (Å²) in [7, 11) is 0. The van der Waals surface area contributed by atoms with Crippen LogP contribution in [0.3, 0.4) is 0 Å². The van der Waals surface area contributed by atoms with Crippen LogP contribution in [-0.4, -0.2) is 55.7 Å². The number of nitrogens with one attached hydrogen (secondary N) is 1. The fourth-order valence-corrected chi connectivity index (χ4v) is 2.21. The van der Waals surface area contributed by atoms with Crippen LogP contribution in [0.1, 0.15) is 33.1 Å². The minimum atomic E-state index is -0.722. The van der Waals surface area contributed by atoms with Crippen molar-refractivity contribution in [2.24, 2.45) is 5.73 Å². The van der Waals surface area contributed by atoms with Gasteiger partial charge in [0.05, 0.1) is 5.54 Å². The van der Waals surface area contributed by atoms with E-state index in [1.807, 2.05) is 0 Å². The Hall–Kier alpha value is -0.0700. The van der Waals surface area contributed by atoms with Gasteiger partial charge in [0.1, 0.15) is 0 Å². The summed E-state index contributed by atoms with van der Waals surface area (Å²) in [5.74, 6) is -0.0293. The van der Waals surface area contributed by atoms with Gasteiger partial charge in [0, 0.05) is 26.3 Å². The quantitative estimate of drug-likeness (QED) is 0.736. The van der Waals surface area contributed by atoms with Crippen molar-refractivity contribution < 1.29 is 9.53 Å². The normalized spacial score (nSPS) is 17.0. The summed E-state index contributed by atoms with van der Waals surface area (Å²) in [6.45, 7) is 9.13. The van der Waals surface area contributed by atoms with Gasteiger partial charge in [-0.05, 0) is 32.4 Å². The molecule has 0 spiro atoms. The maximum atomic E-state index is 12.0. The van der Waals surface area contributed by atoms with E-state index in [1.54, 1.807) is 0 Å². The number of carbonyl (C=O) groups excluding carboxylic acids is 1. The van der Waals surface area contributed by atoms with Gasteiger partial charge in [0.25, 0.3) is 0 Å². The molecule has 0 bridgehead atoms. The van der Waals surface area contributed by atoms with Crippen molar-refractivity contribution in [3.05, 3.63) is 0 Å². The number of nitrogens with two attached hydrogens (primary N) is 1. The Morgan fingerprint density at radius 2 is 1.85 bits per heavy atom. The molecule has 7 heteroatoms. The second kappa shape index (κ2) is 11.6. The zero-order valence-electron chi connectivity index (χ0n) is 12.5. The zero-order chi connectivity index (χ0) is 13.4. The van der Waals surface area contributed by atoms with E-state index in [4.69, 9.17) is 10.5 Å². The largest absolute Gasteiger partial charge is 0.381 e. The summed E-state index contributed by atoms with van der Waals surface area (Å²) >= 11 is 0. The van der Waals surface area contributed by atoms with Crippen molar-refractivity contribution in [1.82, 2.24) is 10.2 Å². The number of amides is 1. The van der Waals surface area contributed by atoms with Crippen molar-refractivity contribution >= 4 is 30.7 Å². The topological polar surface area (TPSA) is 67.6 Å². The second-order valence-electron chi connectivity index (χ2n) is 4.96. The molecule has 0 aromatic rings. The van der Waals surface area contributed by atoms with E-state index >= 15 is 0 Å². The predicted octanol–water partition coefficient (Wildman–Crippen LogP) is 1.19. The third kappa shape index (κ3) is 7.09. The molecular weight excluding hydrogens is 301 g/mol. The van der Waals surface area contributed by atoms with Crippen LogP contribution in [0.4, 0.5) is 0 Å². The highest BCUT2D eigenvalue weighted by atomic mass is 35.5. The first-order valence-electron chi connectivity index (χ1n) is 6.99. The molecule has 0 atom stereocenters. The van der Waals surface area contributed by atoms with E-state index in [9.17, 15) is 4.79 Å². The number of hydrogen-bond acceptors (Lipinski definition) is 4. The molecule has 1 aliphatic heterocycles. The Morgan fingerprint density at radius 3 is 2.35 bits per heavy atom. The molecule has 0 saturated carbocycles. The molecule has 122 valence electrons. The zero-order valence-corrected chi connectivity index (χ0v) is 14.2. The molecule has 1 amide bonds. The maximum Gasteiger partial charge on any atom is 0.240 e. The number of carbonyl (C=O) groups is 1. The summed E-state index contributed by atoms with van der Waals surface area (Å²) in [4.78, 5) is 14.4. The Kier molecular flexibility index (Phi) is 12.9. The van der Waals surface area contributed by atoms with Crippen LogP contribution in [0, 0.1) is 0 Å². The van der Waals surface area contributed by atoms with E-state index in [0.717, 1.165) is 26.1 Å². The van der Waals surface area contributed by atoms with Gasteiger partial charge in [-0.3, -0.25) is 4.79 Å². The summed E-state index contributed by atoms with van der Waals surface area (Å²) in [5, 5.41) is 2.95. The molecule has 0 aromatic heterocycles. The molecule has 0 aliphatic carbocycles. The van der Waals surface area contributed by atoms with Gasteiger partial charge in [0.15, 0.2) is 0 Å². The molecule has 1 aliphatic rings. The van der Waals surface area contributed by atoms with Crippen LogP contribution >= 0.6 is 24.8 Å². The number of rotatable bonds is 7. The lowest BCUT2D eigenvalue weighted by Crippen LogP contribution is -2.57. The Bertz CT molecular complexity index is 262. The first-order valence-corrected chi connectivity index (χ1v) is 6.99. The molecule has 0 radical (unpaired) electrons. The van der Waals surface area contributed by atoms with Crippen LogP contribution in [0.5, 0.6) is 0 Å². The number of halogens is 2. The molecule has 20 heavy (non-hydrogen) atoms. The second-order valence-corrected chi connectivity index (χ2v) is 4.96. The Morgan fingerprint density at radius 1 is 1.25 bits per heavy atom. The van der Waals surface area contributed by atoms with Gasteiger partial charge in [-0.15, -0.1) is 24.8 Å². The van der Waals surface area contributed by atoms with Crippen LogP contribution in [0.25, 0.3) is 0 Å². The lowest BCUT2D eigenvalue weighted by atomic mass is 9.90. The lowest BCUT2D eigenvalue weighted by molar-refractivity contribution is -0.129. The van der Waals surface area contributed by atoms with Crippen LogP contribution in [0.15, 0.2) is 0 Å². The van der Waals surface area contributed by atoms with E-state index in [1.165, 1.54) is 0 Å². The maximum absolute atomic E-state index is 12.0. The molecule has 1 saturated heterocycles. The number of nitrogens with zero attached hydrogens (tertiary/aromatic N) is 1. The van der Waals surface area contributed by atoms with Crippen LogP contribution < -0.4 is 11.1 Å². The summed E-state index contributed by atoms with van der Waals surface area (Å²) in [6.07, 6.45) is 2.37. The van der Waals surface area contributed by atoms with E-state index in [-0.39, 0.29) is 30.7 Å². The van der Waals surface area contributed by atoms with Gasteiger partial charge in [-0.1, -0.05) is 13.8 Å². The van der Waals surface area contributed by atoms with Crippen LogP contribution in [0.2, 0.25) is 0 Å². The highest BCUT2D eigenvalue weighted by Gasteiger charge is 2.35. The molecule has 0 aromatic carbocycles. The predicted molar refractivity (Wildman–Crippen MR) is 86.9 cm³/mol. The highest BCUT2D eigenvalue weighted by Crippen LogP contribution is 2.17. The Balaban J connectivity index is 0. The van der Waals surface area contributed by atoms with Gasteiger partial charge in [-0.25, -0.2) is 0 Å². The first kappa shape index (κ1) is 22.2. The minimum Gasteiger partial charge on any atom is -0.381 e. The van der Waals surface area contributed by atoms with Crippen LogP contribution in [-0.2, 0) is 9.53 Å². The fraction of sp³-hybridized carbons (Fsp3) is 0.923. The first-order chi connectivity index (χ1) is 8.62. The van der Waals surface area contributed by atoms with E-state index in [2.05, 4.69) is 24.1 Å². The average Bonchev–Trinajstić information content (AvgIpc) is 2.38. The van der Waals surface area contributed by atoms with E-state index in [0.29, 0.717) is 32.6 Å². The van der Waals surface area contributed by atoms with Gasteiger partial charge in [-0.2, -0.15) is 0 Å². The number of likely N-dealkylation sites (N-methyl/N-ethyl adjacent to an activating group) is 1. The van der Waals surface area contributed by atoms with Gasteiger partial charge < -0.3 is 20.7 Å². The SMILES string of the molecule is CCCN(CC)CCNC(=O)C1(N)CCOCC1.Cl.Cl. The smallest absolute Gasteiger partial charge is 0.240 e. The van der Waals surface area contributed by atoms with Crippen molar-refractivity contribution in [3.63, 3.8) is 0 Å². The highest BCUT2D eigenvalue weighted by molar-refractivity contribution is 5.86. The third-order valence-corrected chi connectivity index (χ3v) is 3.54. The lowest BCUT2D eigenvalue weighted by Gasteiger charge is -2.32. The molecule has 3 N–H and O–H groups in total. The molecule has 1 heterocycles. The number of hydrogen-bond donors (Lipinski definition) is 2. The molecular formula is C13H29Cl2N3O2. The summed E-state index contributed by atoms with van der Waals surface area (Å²) in [5.41, 5.74) is 5.38. The summed E-state index contributed by atoms with van der Waals surface area (Å²) in [6, 6.07) is 0. The molecule has 0 unspecified atom stereocenters. The fourth-order valence-electron chi connectivity index (χ4n) is 2.21. The monoisotopic (exact) mass is 329 g/mol. The summed E-state index contributed by atoms with van der Waals surface area (Å²) < 4.78 is 5.24. The van der Waals surface area contributed by atoms with Crippen molar-refractivity contribution in [1.29, 1.82) is 0 Å². The average molecular weight is 330 g/mol. The van der Waals surface area contributed by atoms with Crippen molar-refractivity contribution in [2.75, 3.05) is 39.4 Å². The van der Waals surface area contributed by atoms with Crippen molar-refractivity contribution in [3.8, 4) is 0 Å². The van der Waals surface area contributed by atoms with E-state index < -0.39 is 5.54 Å². The van der Waals surface area contributed by atoms with Gasteiger partial charge in [0.2, 0.25) is 5.91 Å². The standard InChI is InChI=1S/C13H27N3O2.2ClH/c1-3-8-16(4-2)9-7-15-12(17)13(14)5-10-18-11-6-13;;/h3-11,14H2,1-2H3,(H,15,17);2*1H. The van der Waals surface area contributed by atoms with Crippen molar-refractivity contribution in [2.45, 2.75) is 38.6 Å². The molecule has 1 fully saturated rings.